The molecule has 0 bridgehead atoms. The third kappa shape index (κ3) is 4.32. The topological polar surface area (TPSA) is 54.5 Å². The van der Waals surface area contributed by atoms with E-state index in [9.17, 15) is 13.2 Å². The average Bonchev–Trinajstić information content (AvgIpc) is 2.49. The van der Waals surface area contributed by atoms with Crippen LogP contribution in [0, 0.1) is 0 Å². The van der Waals surface area contributed by atoms with Crippen molar-refractivity contribution in [2.45, 2.75) is 12.2 Å². The van der Waals surface area contributed by atoms with Gasteiger partial charge in [0.1, 0.15) is 0 Å². The first kappa shape index (κ1) is 16.5. The molecule has 0 atom stereocenters. The van der Waals surface area contributed by atoms with Crippen molar-refractivity contribution in [1.82, 2.24) is 4.31 Å². The molecule has 116 valence electrons. The number of hydrogen-bond acceptors (Lipinski definition) is 3. The Hall–Kier alpha value is -1.85. The van der Waals surface area contributed by atoms with Gasteiger partial charge >= 0.3 is 0 Å². The molecule has 0 fully saturated rings. The highest BCUT2D eigenvalue weighted by Crippen LogP contribution is 2.13. The van der Waals surface area contributed by atoms with Crippen LogP contribution in [0.5, 0.6) is 0 Å². The Kier molecular flexibility index (Phi) is 5.21. The Morgan fingerprint density at radius 1 is 1.00 bits per heavy atom. The summed E-state index contributed by atoms with van der Waals surface area (Å²) in [5.74, 6) is -0.672. The molecule has 2 aromatic carbocycles. The first-order valence-corrected chi connectivity index (χ1v) is 8.65. The van der Waals surface area contributed by atoms with Crippen LogP contribution in [0.4, 0.5) is 0 Å². The SMILES string of the molecule is CN(C(=O)Cc1ccc(Cl)cc1)S(=O)(=O)Cc1ccccc1. The van der Waals surface area contributed by atoms with Gasteiger partial charge in [0.15, 0.2) is 0 Å². The lowest BCUT2D eigenvalue weighted by atomic mass is 10.1. The minimum atomic E-state index is -3.68. The van der Waals surface area contributed by atoms with Gasteiger partial charge in [-0.3, -0.25) is 4.79 Å². The van der Waals surface area contributed by atoms with E-state index in [2.05, 4.69) is 0 Å². The van der Waals surface area contributed by atoms with Crippen LogP contribution < -0.4 is 0 Å². The van der Waals surface area contributed by atoms with Crippen molar-refractivity contribution < 1.29 is 13.2 Å². The highest BCUT2D eigenvalue weighted by atomic mass is 35.5. The monoisotopic (exact) mass is 337 g/mol. The van der Waals surface area contributed by atoms with Crippen molar-refractivity contribution in [3.8, 4) is 0 Å². The zero-order chi connectivity index (χ0) is 16.2. The molecule has 0 saturated heterocycles. The van der Waals surface area contributed by atoms with Gasteiger partial charge in [-0.05, 0) is 23.3 Å². The summed E-state index contributed by atoms with van der Waals surface area (Å²) in [4.78, 5) is 12.1. The summed E-state index contributed by atoms with van der Waals surface area (Å²) in [7, 11) is -2.39. The van der Waals surface area contributed by atoms with Gasteiger partial charge in [0.05, 0.1) is 12.2 Å². The van der Waals surface area contributed by atoms with Gasteiger partial charge in [-0.25, -0.2) is 12.7 Å². The summed E-state index contributed by atoms with van der Waals surface area (Å²) >= 11 is 5.78. The summed E-state index contributed by atoms with van der Waals surface area (Å²) in [5, 5.41) is 0.571. The molecule has 0 aromatic heterocycles. The second-order valence-corrected chi connectivity index (χ2v) is 7.34. The third-order valence-corrected chi connectivity index (χ3v) is 5.22. The van der Waals surface area contributed by atoms with E-state index in [-0.39, 0.29) is 12.2 Å². The first-order valence-electron chi connectivity index (χ1n) is 6.66. The van der Waals surface area contributed by atoms with E-state index in [4.69, 9.17) is 11.6 Å². The van der Waals surface area contributed by atoms with Crippen molar-refractivity contribution in [3.63, 3.8) is 0 Å². The maximum absolute atomic E-state index is 12.3. The Morgan fingerprint density at radius 3 is 2.18 bits per heavy atom. The van der Waals surface area contributed by atoms with E-state index in [0.717, 1.165) is 9.87 Å². The van der Waals surface area contributed by atoms with Crippen LogP contribution >= 0.6 is 11.6 Å². The number of carbonyl (C=O) groups excluding carboxylic acids is 1. The lowest BCUT2D eigenvalue weighted by Crippen LogP contribution is -2.35. The third-order valence-electron chi connectivity index (χ3n) is 3.23. The number of nitrogens with zero attached hydrogens (tertiary/aromatic N) is 1. The summed E-state index contributed by atoms with van der Waals surface area (Å²) in [6.45, 7) is 0. The van der Waals surface area contributed by atoms with Gasteiger partial charge in [-0.1, -0.05) is 54.1 Å². The van der Waals surface area contributed by atoms with E-state index in [1.54, 1.807) is 48.5 Å². The van der Waals surface area contributed by atoms with Crippen LogP contribution in [0.2, 0.25) is 5.02 Å². The number of carbonyl (C=O) groups is 1. The number of sulfonamides is 1. The van der Waals surface area contributed by atoms with Crippen LogP contribution in [-0.4, -0.2) is 25.7 Å². The quantitative estimate of drug-likeness (QED) is 0.843. The average molecular weight is 338 g/mol. The predicted octanol–water partition coefficient (Wildman–Crippen LogP) is 2.87. The number of likely N-dealkylation sites (N-methyl/N-ethyl adjacent to an activating group) is 1. The Bertz CT molecular complexity index is 743. The molecule has 2 aromatic rings. The summed E-state index contributed by atoms with van der Waals surface area (Å²) in [6.07, 6.45) is 0.0156. The molecule has 2 rings (SSSR count). The highest BCUT2D eigenvalue weighted by molar-refractivity contribution is 7.88. The molecule has 0 N–H and O–H groups in total. The van der Waals surface area contributed by atoms with Crippen molar-refractivity contribution >= 4 is 27.5 Å². The maximum Gasteiger partial charge on any atom is 0.241 e. The molecule has 0 radical (unpaired) electrons. The highest BCUT2D eigenvalue weighted by Gasteiger charge is 2.23. The van der Waals surface area contributed by atoms with Crippen molar-refractivity contribution in [1.29, 1.82) is 0 Å². The minimum absolute atomic E-state index is 0.0156. The second kappa shape index (κ2) is 6.94. The van der Waals surface area contributed by atoms with Gasteiger partial charge in [-0.2, -0.15) is 0 Å². The molecule has 6 heteroatoms. The number of amides is 1. The van der Waals surface area contributed by atoms with Crippen molar-refractivity contribution in [2.24, 2.45) is 0 Å². The normalized spacial score (nSPS) is 11.2. The van der Waals surface area contributed by atoms with Gasteiger partial charge in [0.25, 0.3) is 0 Å². The molecule has 0 saturated carbocycles. The second-order valence-electron chi connectivity index (χ2n) is 4.91. The molecule has 22 heavy (non-hydrogen) atoms. The van der Waals surface area contributed by atoms with E-state index in [1.807, 2.05) is 6.07 Å². The van der Waals surface area contributed by atoms with Crippen LogP contribution in [0.15, 0.2) is 54.6 Å². The lowest BCUT2D eigenvalue weighted by molar-refractivity contribution is -0.124. The molecule has 0 heterocycles. The fourth-order valence-electron chi connectivity index (χ4n) is 1.93. The lowest BCUT2D eigenvalue weighted by Gasteiger charge is -2.17. The molecular formula is C16H16ClNO3S. The summed E-state index contributed by atoms with van der Waals surface area (Å²) in [6, 6.07) is 15.5. The van der Waals surface area contributed by atoms with Crippen LogP contribution in [0.3, 0.4) is 0 Å². The molecule has 0 aliphatic rings. The summed E-state index contributed by atoms with van der Waals surface area (Å²) < 4.78 is 25.4. The zero-order valence-corrected chi connectivity index (χ0v) is 13.6. The first-order chi connectivity index (χ1) is 10.4. The van der Waals surface area contributed by atoms with Gasteiger partial charge in [-0.15, -0.1) is 0 Å². The zero-order valence-electron chi connectivity index (χ0n) is 12.1. The van der Waals surface area contributed by atoms with Crippen LogP contribution in [0.1, 0.15) is 11.1 Å². The van der Waals surface area contributed by atoms with E-state index >= 15 is 0 Å². The number of hydrogen-bond donors (Lipinski definition) is 0. The fourth-order valence-corrected chi connectivity index (χ4v) is 3.23. The largest absolute Gasteiger partial charge is 0.273 e. The Labute approximate surface area is 135 Å². The smallest absolute Gasteiger partial charge is 0.241 e. The van der Waals surface area contributed by atoms with Gasteiger partial charge in [0.2, 0.25) is 15.9 Å². The standard InChI is InChI=1S/C16H16ClNO3S/c1-18(16(19)11-13-7-9-15(17)10-8-13)22(20,21)12-14-5-3-2-4-6-14/h2-10H,11-12H2,1H3. The summed E-state index contributed by atoms with van der Waals surface area (Å²) in [5.41, 5.74) is 1.37. The number of rotatable bonds is 5. The van der Waals surface area contributed by atoms with E-state index < -0.39 is 15.9 Å². The molecule has 0 aliphatic carbocycles. The van der Waals surface area contributed by atoms with Crippen molar-refractivity contribution in [2.75, 3.05) is 7.05 Å². The van der Waals surface area contributed by atoms with Gasteiger partial charge < -0.3 is 0 Å². The van der Waals surface area contributed by atoms with E-state index in [1.165, 1.54) is 7.05 Å². The molecule has 0 spiro atoms. The molecule has 4 nitrogen and oxygen atoms in total. The minimum Gasteiger partial charge on any atom is -0.273 e. The Morgan fingerprint density at radius 2 is 1.59 bits per heavy atom. The predicted molar refractivity (Wildman–Crippen MR) is 87.0 cm³/mol. The van der Waals surface area contributed by atoms with Crippen LogP contribution in [-0.2, 0) is 27.0 Å². The Balaban J connectivity index is 2.07. The van der Waals surface area contributed by atoms with Crippen molar-refractivity contribution in [3.05, 3.63) is 70.7 Å². The number of halogens is 1. The molecule has 0 aliphatic heterocycles. The van der Waals surface area contributed by atoms with Crippen LogP contribution in [0.25, 0.3) is 0 Å². The number of benzene rings is 2. The molecule has 0 unspecified atom stereocenters. The molecular weight excluding hydrogens is 322 g/mol. The molecule has 1 amide bonds. The van der Waals surface area contributed by atoms with Gasteiger partial charge in [0, 0.05) is 12.1 Å². The maximum atomic E-state index is 12.3. The van der Waals surface area contributed by atoms with E-state index in [0.29, 0.717) is 10.6 Å². The fraction of sp³-hybridized carbons (Fsp3) is 0.188.